The molecule has 1 N–H and O–H groups in total. The van der Waals surface area contributed by atoms with Gasteiger partial charge in [0.25, 0.3) is 11.8 Å². The van der Waals surface area contributed by atoms with Crippen LogP contribution in [0.2, 0.25) is 0 Å². The highest BCUT2D eigenvalue weighted by atomic mass is 19.4. The number of amides is 2. The Hall–Kier alpha value is -4.08. The van der Waals surface area contributed by atoms with E-state index in [1.807, 2.05) is 30.9 Å². The maximum atomic E-state index is 13.4. The molecule has 1 saturated heterocycles. The van der Waals surface area contributed by atoms with E-state index in [1.165, 1.54) is 23.1 Å². The summed E-state index contributed by atoms with van der Waals surface area (Å²) in [6.07, 6.45) is -4.61. The molecule has 0 bridgehead atoms. The number of anilines is 2. The van der Waals surface area contributed by atoms with Crippen molar-refractivity contribution in [1.82, 2.24) is 9.88 Å². The predicted molar refractivity (Wildman–Crippen MR) is 128 cm³/mol. The first-order valence-corrected chi connectivity index (χ1v) is 11.4. The molecule has 7 nitrogen and oxygen atoms in total. The van der Waals surface area contributed by atoms with Gasteiger partial charge in [-0.3, -0.25) is 9.59 Å². The molecule has 186 valence electrons. The molecule has 2 aliphatic rings. The molecule has 0 radical (unpaired) electrons. The minimum absolute atomic E-state index is 0.171. The van der Waals surface area contributed by atoms with Gasteiger partial charge in [0.05, 0.1) is 16.8 Å². The fraction of sp³-hybridized carbons (Fsp3) is 0.269. The molecule has 5 rings (SSSR count). The summed E-state index contributed by atoms with van der Waals surface area (Å²) >= 11 is 0. The molecule has 2 aromatic carbocycles. The molecule has 2 amide bonds. The lowest BCUT2D eigenvalue weighted by molar-refractivity contribution is -0.138. The molecular weight excluding hydrogens is 473 g/mol. The molecule has 0 unspecified atom stereocenters. The summed E-state index contributed by atoms with van der Waals surface area (Å²) in [6, 6.07) is 11.8. The summed E-state index contributed by atoms with van der Waals surface area (Å²) in [4.78, 5) is 33.5. The third kappa shape index (κ3) is 4.34. The maximum absolute atomic E-state index is 13.4. The average Bonchev–Trinajstić information content (AvgIpc) is 2.98. The lowest BCUT2D eigenvalue weighted by Gasteiger charge is -2.36. The molecule has 1 fully saturated rings. The number of hydrogen-bond donors (Lipinski definition) is 1. The third-order valence-electron chi connectivity index (χ3n) is 6.49. The number of nitrogens with zero attached hydrogens (tertiary/aromatic N) is 3. The van der Waals surface area contributed by atoms with Crippen molar-refractivity contribution in [3.8, 4) is 11.6 Å². The number of halogens is 3. The zero-order valence-electron chi connectivity index (χ0n) is 19.6. The fourth-order valence-electron chi connectivity index (χ4n) is 4.35. The van der Waals surface area contributed by atoms with Gasteiger partial charge in [-0.2, -0.15) is 18.2 Å². The second-order valence-corrected chi connectivity index (χ2v) is 8.83. The van der Waals surface area contributed by atoms with Gasteiger partial charge >= 0.3 is 6.18 Å². The number of piperazine rings is 1. The van der Waals surface area contributed by atoms with Gasteiger partial charge in [-0.25, -0.2) is 0 Å². The molecular formula is C26H23F3N4O3. The number of benzene rings is 2. The van der Waals surface area contributed by atoms with Gasteiger partial charge in [-0.1, -0.05) is 12.1 Å². The van der Waals surface area contributed by atoms with Crippen LogP contribution in [0.5, 0.6) is 11.6 Å². The topological polar surface area (TPSA) is 74.8 Å². The van der Waals surface area contributed by atoms with E-state index in [0.29, 0.717) is 35.9 Å². The lowest BCUT2D eigenvalue weighted by Crippen LogP contribution is -2.49. The second-order valence-electron chi connectivity index (χ2n) is 8.83. The number of ether oxygens (including phenoxy) is 1. The fourth-order valence-corrected chi connectivity index (χ4v) is 4.35. The first kappa shape index (κ1) is 23.7. The number of hydrogen-bond acceptors (Lipinski definition) is 5. The number of aryl methyl sites for hydroxylation is 2. The summed E-state index contributed by atoms with van der Waals surface area (Å²) in [5, 5.41) is 2.85. The van der Waals surface area contributed by atoms with Gasteiger partial charge in [0.15, 0.2) is 5.75 Å². The SMILES string of the molecule is Cc1cc2c(cc1C)Oc1nc(N3CCN(C(=O)c4ccccc4C(F)(F)F)CC3)ccc1C(=O)N2. The first-order chi connectivity index (χ1) is 17.1. The van der Waals surface area contributed by atoms with Crippen molar-refractivity contribution >= 4 is 23.3 Å². The van der Waals surface area contributed by atoms with Crippen molar-refractivity contribution in [2.75, 3.05) is 36.4 Å². The van der Waals surface area contributed by atoms with Gasteiger partial charge in [0.2, 0.25) is 5.88 Å². The van der Waals surface area contributed by atoms with Crippen LogP contribution in [-0.2, 0) is 6.18 Å². The van der Waals surface area contributed by atoms with Crippen LogP contribution >= 0.6 is 0 Å². The second kappa shape index (κ2) is 8.85. The quantitative estimate of drug-likeness (QED) is 0.538. The van der Waals surface area contributed by atoms with Crippen molar-refractivity contribution in [3.63, 3.8) is 0 Å². The van der Waals surface area contributed by atoms with Crippen molar-refractivity contribution in [1.29, 1.82) is 0 Å². The van der Waals surface area contributed by atoms with Gasteiger partial charge < -0.3 is 19.9 Å². The average molecular weight is 496 g/mol. The number of pyridine rings is 1. The third-order valence-corrected chi connectivity index (χ3v) is 6.49. The van der Waals surface area contributed by atoms with E-state index in [4.69, 9.17) is 4.74 Å². The van der Waals surface area contributed by atoms with Crippen LogP contribution in [0, 0.1) is 13.8 Å². The molecule has 0 spiro atoms. The Balaban J connectivity index is 1.34. The van der Waals surface area contributed by atoms with Crippen LogP contribution in [0.25, 0.3) is 0 Å². The number of carbonyl (C=O) groups excluding carboxylic acids is 2. The largest absolute Gasteiger partial charge is 0.436 e. The van der Waals surface area contributed by atoms with Gasteiger partial charge in [-0.05, 0) is 61.4 Å². The van der Waals surface area contributed by atoms with Gasteiger partial charge in [-0.15, -0.1) is 0 Å². The van der Waals surface area contributed by atoms with Crippen LogP contribution in [0.1, 0.15) is 37.4 Å². The first-order valence-electron chi connectivity index (χ1n) is 11.4. The van der Waals surface area contributed by atoms with Crippen LogP contribution in [0.3, 0.4) is 0 Å². The monoisotopic (exact) mass is 496 g/mol. The van der Waals surface area contributed by atoms with Crippen LogP contribution in [0.4, 0.5) is 24.7 Å². The predicted octanol–water partition coefficient (Wildman–Crippen LogP) is 5.04. The molecule has 1 aromatic heterocycles. The molecule has 0 atom stereocenters. The highest BCUT2D eigenvalue weighted by molar-refractivity contribution is 6.07. The van der Waals surface area contributed by atoms with Crippen LogP contribution in [-0.4, -0.2) is 47.9 Å². The van der Waals surface area contributed by atoms with Gasteiger partial charge in [0.1, 0.15) is 11.4 Å². The number of aromatic nitrogens is 1. The summed E-state index contributed by atoms with van der Waals surface area (Å²) < 4.78 is 46.1. The Bertz CT molecular complexity index is 1370. The molecule has 36 heavy (non-hydrogen) atoms. The number of nitrogens with one attached hydrogen (secondary N) is 1. The highest BCUT2D eigenvalue weighted by Crippen LogP contribution is 2.37. The van der Waals surface area contributed by atoms with Crippen LogP contribution in [0.15, 0.2) is 48.5 Å². The zero-order valence-corrected chi connectivity index (χ0v) is 19.6. The number of alkyl halides is 3. The van der Waals surface area contributed by atoms with E-state index in [0.717, 1.165) is 17.2 Å². The van der Waals surface area contributed by atoms with E-state index in [-0.39, 0.29) is 30.4 Å². The van der Waals surface area contributed by atoms with Crippen LogP contribution < -0.4 is 15.0 Å². The molecule has 3 heterocycles. The zero-order chi connectivity index (χ0) is 25.6. The van der Waals surface area contributed by atoms with Gasteiger partial charge in [0, 0.05) is 26.2 Å². The molecule has 0 aliphatic carbocycles. The summed E-state index contributed by atoms with van der Waals surface area (Å²) in [5.74, 6) is 0.236. The standard InChI is InChI=1S/C26H23F3N4O3/c1-15-13-20-21(14-16(15)2)36-24-18(23(34)30-20)7-8-22(31-24)32-9-11-33(12-10-32)25(35)17-5-3-4-6-19(17)26(27,28)29/h3-8,13-14H,9-12H2,1-2H3,(H,30,34). The maximum Gasteiger partial charge on any atom is 0.417 e. The normalized spacial score (nSPS) is 15.4. The summed E-state index contributed by atoms with van der Waals surface area (Å²) in [5.41, 5.74) is 1.59. The van der Waals surface area contributed by atoms with E-state index in [2.05, 4.69) is 10.3 Å². The smallest absolute Gasteiger partial charge is 0.417 e. The lowest BCUT2D eigenvalue weighted by atomic mass is 10.1. The summed E-state index contributed by atoms with van der Waals surface area (Å²) in [7, 11) is 0. The number of carbonyl (C=O) groups is 2. The van der Waals surface area contributed by atoms with E-state index in [9.17, 15) is 22.8 Å². The Kier molecular flexibility index (Phi) is 5.82. The molecule has 2 aliphatic heterocycles. The molecule has 3 aromatic rings. The Morgan fingerprint density at radius 2 is 1.69 bits per heavy atom. The molecule has 0 saturated carbocycles. The molecule has 10 heteroatoms. The minimum atomic E-state index is -4.61. The summed E-state index contributed by atoms with van der Waals surface area (Å²) in [6.45, 7) is 5.09. The Morgan fingerprint density at radius 3 is 2.42 bits per heavy atom. The van der Waals surface area contributed by atoms with E-state index in [1.54, 1.807) is 12.1 Å². The highest BCUT2D eigenvalue weighted by Gasteiger charge is 2.36. The van der Waals surface area contributed by atoms with Crippen molar-refractivity contribution in [3.05, 3.63) is 76.3 Å². The Morgan fingerprint density at radius 1 is 1.00 bits per heavy atom. The van der Waals surface area contributed by atoms with Crippen molar-refractivity contribution in [2.45, 2.75) is 20.0 Å². The van der Waals surface area contributed by atoms with E-state index < -0.39 is 17.6 Å². The van der Waals surface area contributed by atoms with Crippen molar-refractivity contribution < 1.29 is 27.5 Å². The number of rotatable bonds is 2. The van der Waals surface area contributed by atoms with E-state index >= 15 is 0 Å². The van der Waals surface area contributed by atoms with Crippen molar-refractivity contribution in [2.24, 2.45) is 0 Å². The number of fused-ring (bicyclic) bond motifs is 2. The Labute approximate surface area is 205 Å². The minimum Gasteiger partial charge on any atom is -0.436 e.